The number of aliphatic imine (C=N–C) groups is 1. The van der Waals surface area contributed by atoms with Gasteiger partial charge in [-0.25, -0.2) is 0 Å². The number of alkyl halides is 3. The zero-order chi connectivity index (χ0) is 22.2. The van der Waals surface area contributed by atoms with Crippen LogP contribution in [0.3, 0.4) is 0 Å². The van der Waals surface area contributed by atoms with Gasteiger partial charge >= 0.3 is 6.18 Å². The van der Waals surface area contributed by atoms with E-state index in [0.717, 1.165) is 52.0 Å². The number of halogens is 3. The summed E-state index contributed by atoms with van der Waals surface area (Å²) in [6, 6.07) is 0. The van der Waals surface area contributed by atoms with Gasteiger partial charge in [-0.1, -0.05) is 31.7 Å². The van der Waals surface area contributed by atoms with Crippen LogP contribution in [0.4, 0.5) is 13.2 Å². The lowest BCUT2D eigenvalue weighted by Crippen LogP contribution is -2.54. The number of nitrogens with one attached hydrogen (secondary N) is 1. The molecule has 30 heavy (non-hydrogen) atoms. The summed E-state index contributed by atoms with van der Waals surface area (Å²) in [5, 5.41) is 2.99. The van der Waals surface area contributed by atoms with Gasteiger partial charge in [0.25, 0.3) is 0 Å². The number of piperazine rings is 1. The van der Waals surface area contributed by atoms with Gasteiger partial charge in [-0.05, 0) is 38.7 Å². The Labute approximate surface area is 178 Å². The van der Waals surface area contributed by atoms with Crippen LogP contribution in [0.25, 0.3) is 0 Å². The summed E-state index contributed by atoms with van der Waals surface area (Å²) in [5.74, 6) is 0. The first-order valence-electron chi connectivity index (χ1n) is 10.7. The van der Waals surface area contributed by atoms with E-state index in [4.69, 9.17) is 0 Å². The van der Waals surface area contributed by atoms with Crippen molar-refractivity contribution in [2.45, 2.75) is 51.7 Å². The summed E-state index contributed by atoms with van der Waals surface area (Å²) in [6.07, 6.45) is 7.77. The molecule has 2 aliphatic rings. The molecule has 2 fully saturated rings. The van der Waals surface area contributed by atoms with E-state index < -0.39 is 11.7 Å². The topological polar surface area (TPSA) is 30.9 Å². The Morgan fingerprint density at radius 3 is 2.33 bits per heavy atom. The van der Waals surface area contributed by atoms with Crippen molar-refractivity contribution in [3.05, 3.63) is 47.9 Å². The first-order valence-corrected chi connectivity index (χ1v) is 10.7. The predicted molar refractivity (Wildman–Crippen MR) is 119 cm³/mol. The quantitative estimate of drug-likeness (QED) is 0.408. The largest absolute Gasteiger partial charge is 0.417 e. The molecule has 168 valence electrons. The fourth-order valence-electron chi connectivity index (χ4n) is 3.69. The highest BCUT2D eigenvalue weighted by molar-refractivity contribution is 5.54. The molecule has 4 nitrogen and oxygen atoms in total. The summed E-state index contributed by atoms with van der Waals surface area (Å²) in [7, 11) is 0. The van der Waals surface area contributed by atoms with E-state index in [0.29, 0.717) is 6.54 Å². The fraction of sp³-hybridized carbons (Fsp3) is 0.609. The van der Waals surface area contributed by atoms with Crippen molar-refractivity contribution in [1.82, 2.24) is 15.1 Å². The maximum absolute atomic E-state index is 13.1. The molecule has 0 bridgehead atoms. The van der Waals surface area contributed by atoms with Crippen molar-refractivity contribution in [3.8, 4) is 0 Å². The van der Waals surface area contributed by atoms with Crippen molar-refractivity contribution >= 4 is 6.21 Å². The minimum absolute atomic E-state index is 0.0500. The van der Waals surface area contributed by atoms with Crippen LogP contribution in [0.5, 0.6) is 0 Å². The van der Waals surface area contributed by atoms with E-state index in [1.54, 1.807) is 6.92 Å². The van der Waals surface area contributed by atoms with Crippen LogP contribution in [0.2, 0.25) is 0 Å². The molecule has 2 rings (SSSR count). The molecule has 0 radical (unpaired) electrons. The van der Waals surface area contributed by atoms with Crippen LogP contribution < -0.4 is 5.32 Å². The van der Waals surface area contributed by atoms with Gasteiger partial charge in [-0.3, -0.25) is 14.8 Å². The number of hydrogen-bond acceptors (Lipinski definition) is 4. The molecule has 1 saturated heterocycles. The highest BCUT2D eigenvalue weighted by Crippen LogP contribution is 2.42. The summed E-state index contributed by atoms with van der Waals surface area (Å²) in [5.41, 5.74) is 0.335. The van der Waals surface area contributed by atoms with Crippen LogP contribution >= 0.6 is 0 Å². The van der Waals surface area contributed by atoms with Crippen molar-refractivity contribution in [2.24, 2.45) is 4.99 Å². The SMILES string of the molecule is C=C(/C(=C\N=CC)NCC1(N2CCN(CC(/C=C\CC)=C/C)CC2)CC1)C(F)(F)F. The van der Waals surface area contributed by atoms with E-state index in [9.17, 15) is 13.2 Å². The first-order chi connectivity index (χ1) is 14.3. The van der Waals surface area contributed by atoms with Gasteiger partial charge in [0.15, 0.2) is 0 Å². The molecule has 0 aromatic heterocycles. The van der Waals surface area contributed by atoms with Crippen LogP contribution in [-0.4, -0.2) is 67.0 Å². The van der Waals surface area contributed by atoms with Crippen LogP contribution in [0.1, 0.15) is 40.0 Å². The molecule has 1 saturated carbocycles. The van der Waals surface area contributed by atoms with Gasteiger partial charge < -0.3 is 5.32 Å². The Hall–Kier alpha value is -1.86. The molecular formula is C23H35F3N4. The summed E-state index contributed by atoms with van der Waals surface area (Å²) in [6.45, 7) is 14.3. The summed E-state index contributed by atoms with van der Waals surface area (Å²) < 4.78 is 39.3. The normalized spacial score (nSPS) is 21.5. The summed E-state index contributed by atoms with van der Waals surface area (Å²) in [4.78, 5) is 8.75. The second kappa shape index (κ2) is 11.0. The second-order valence-electron chi connectivity index (χ2n) is 7.94. The molecule has 0 aromatic carbocycles. The lowest BCUT2D eigenvalue weighted by atomic mass is 10.1. The van der Waals surface area contributed by atoms with Crippen molar-refractivity contribution < 1.29 is 13.2 Å². The average Bonchev–Trinajstić information content (AvgIpc) is 3.51. The third kappa shape index (κ3) is 6.84. The maximum Gasteiger partial charge on any atom is 0.417 e. The second-order valence-corrected chi connectivity index (χ2v) is 7.94. The smallest absolute Gasteiger partial charge is 0.381 e. The third-order valence-electron chi connectivity index (χ3n) is 5.84. The Bertz CT molecular complexity index is 692. The van der Waals surface area contributed by atoms with Crippen LogP contribution in [0, 0.1) is 0 Å². The van der Waals surface area contributed by atoms with Gasteiger partial charge in [0, 0.05) is 51.0 Å². The number of nitrogens with zero attached hydrogens (tertiary/aromatic N) is 3. The number of rotatable bonds is 10. The van der Waals surface area contributed by atoms with Crippen molar-refractivity contribution in [2.75, 3.05) is 39.3 Å². The Morgan fingerprint density at radius 2 is 1.83 bits per heavy atom. The third-order valence-corrected chi connectivity index (χ3v) is 5.84. The van der Waals surface area contributed by atoms with Gasteiger partial charge in [0.1, 0.15) is 0 Å². The highest BCUT2D eigenvalue weighted by Gasteiger charge is 2.48. The van der Waals surface area contributed by atoms with Crippen LogP contribution in [-0.2, 0) is 0 Å². The maximum atomic E-state index is 13.1. The molecule has 1 aliphatic heterocycles. The molecule has 0 aromatic rings. The first kappa shape index (κ1) is 24.4. The molecule has 0 amide bonds. The van der Waals surface area contributed by atoms with Crippen molar-refractivity contribution in [3.63, 3.8) is 0 Å². The molecule has 1 aliphatic carbocycles. The van der Waals surface area contributed by atoms with Gasteiger partial charge in [0.05, 0.1) is 17.5 Å². The number of hydrogen-bond donors (Lipinski definition) is 1. The van der Waals surface area contributed by atoms with Crippen LogP contribution in [0.15, 0.2) is 52.8 Å². The van der Waals surface area contributed by atoms with Crippen molar-refractivity contribution in [1.29, 1.82) is 0 Å². The monoisotopic (exact) mass is 424 g/mol. The summed E-state index contributed by atoms with van der Waals surface area (Å²) >= 11 is 0. The van der Waals surface area contributed by atoms with E-state index in [1.807, 2.05) is 0 Å². The molecule has 0 unspecified atom stereocenters. The lowest BCUT2D eigenvalue weighted by molar-refractivity contribution is -0.0895. The van der Waals surface area contributed by atoms with E-state index in [2.05, 4.69) is 58.8 Å². The Morgan fingerprint density at radius 1 is 1.17 bits per heavy atom. The van der Waals surface area contributed by atoms with E-state index in [-0.39, 0.29) is 11.2 Å². The Kier molecular flexibility index (Phi) is 8.92. The average molecular weight is 425 g/mol. The van der Waals surface area contributed by atoms with E-state index >= 15 is 0 Å². The molecule has 0 atom stereocenters. The molecular weight excluding hydrogens is 389 g/mol. The molecule has 7 heteroatoms. The minimum Gasteiger partial charge on any atom is -0.381 e. The minimum atomic E-state index is -4.47. The zero-order valence-electron chi connectivity index (χ0n) is 18.4. The predicted octanol–water partition coefficient (Wildman–Crippen LogP) is 4.69. The van der Waals surface area contributed by atoms with Gasteiger partial charge in [-0.2, -0.15) is 13.2 Å². The number of allylic oxidation sites excluding steroid dienone is 3. The molecule has 0 spiro atoms. The van der Waals surface area contributed by atoms with Gasteiger partial charge in [0.2, 0.25) is 0 Å². The lowest BCUT2D eigenvalue weighted by Gasteiger charge is -2.40. The molecule has 1 heterocycles. The van der Waals surface area contributed by atoms with Gasteiger partial charge in [-0.15, -0.1) is 0 Å². The standard InChI is InChI=1S/C23H35F3N4/c1-5-8-9-20(6-2)17-29-12-14-30(15-13-29)22(10-11-22)18-28-21(16-27-7-3)19(4)23(24,25)26/h6-9,16,28H,4-5,10-15,17-18H2,1-3H3/b9-8-,20-6+,21-16+,27-7?. The van der Waals surface area contributed by atoms with E-state index in [1.165, 1.54) is 18.0 Å². The molecule has 1 N–H and O–H groups in total. The fourth-order valence-corrected chi connectivity index (χ4v) is 3.69. The zero-order valence-corrected chi connectivity index (χ0v) is 18.4. The highest BCUT2D eigenvalue weighted by atomic mass is 19.4. The Balaban J connectivity index is 1.91.